The smallest absolute Gasteiger partial charge is 0.00683 e. The van der Waals surface area contributed by atoms with E-state index in [1.165, 1.54) is 24.1 Å². The molecule has 2 rings (SSSR count). The van der Waals surface area contributed by atoms with Gasteiger partial charge in [0.05, 0.1) is 0 Å². The Labute approximate surface area is 71.4 Å². The summed E-state index contributed by atoms with van der Waals surface area (Å²) in [6.45, 7) is 1.16. The van der Waals surface area contributed by atoms with Gasteiger partial charge in [0.25, 0.3) is 0 Å². The zero-order valence-electron chi connectivity index (χ0n) is 6.55. The topological polar surface area (TPSA) is 12.0 Å². The van der Waals surface area contributed by atoms with Crippen molar-refractivity contribution in [1.29, 1.82) is 0 Å². The zero-order chi connectivity index (χ0) is 7.52. The second kappa shape index (κ2) is 3.37. The molecule has 1 aliphatic carbocycles. The van der Waals surface area contributed by atoms with Crippen molar-refractivity contribution < 1.29 is 0 Å². The minimum absolute atomic E-state index is 0.856. The van der Waals surface area contributed by atoms with Crippen molar-refractivity contribution in [2.75, 3.05) is 6.54 Å². The van der Waals surface area contributed by atoms with Crippen molar-refractivity contribution in [2.45, 2.75) is 25.3 Å². The summed E-state index contributed by atoms with van der Waals surface area (Å²) in [5.74, 6) is 0. The van der Waals surface area contributed by atoms with Crippen LogP contribution in [0.1, 0.15) is 17.7 Å². The number of hydrogen-bond acceptors (Lipinski definition) is 2. The zero-order valence-corrected chi connectivity index (χ0v) is 7.36. The van der Waals surface area contributed by atoms with E-state index < -0.39 is 0 Å². The fraction of sp³-hybridized carbons (Fsp3) is 0.556. The molecule has 1 heterocycles. The molecule has 1 N–H and O–H groups in total. The molecule has 1 aliphatic rings. The van der Waals surface area contributed by atoms with Gasteiger partial charge in [-0.05, 0) is 30.7 Å². The first-order chi connectivity index (χ1) is 5.45. The number of hydrogen-bond donors (Lipinski definition) is 1. The first kappa shape index (κ1) is 7.32. The Balaban J connectivity index is 1.66. The van der Waals surface area contributed by atoms with Gasteiger partial charge in [-0.3, -0.25) is 0 Å². The maximum atomic E-state index is 3.50. The first-order valence-corrected chi connectivity index (χ1v) is 5.09. The molecular weight excluding hydrogens is 154 g/mol. The molecule has 0 aliphatic heterocycles. The van der Waals surface area contributed by atoms with Crippen molar-refractivity contribution >= 4 is 11.3 Å². The van der Waals surface area contributed by atoms with E-state index in [0.29, 0.717) is 0 Å². The molecule has 0 radical (unpaired) electrons. The maximum Gasteiger partial charge on any atom is 0.00683 e. The van der Waals surface area contributed by atoms with Crippen LogP contribution in [0.5, 0.6) is 0 Å². The lowest BCUT2D eigenvalue weighted by Gasteiger charge is -1.98. The van der Waals surface area contributed by atoms with E-state index in [4.69, 9.17) is 0 Å². The van der Waals surface area contributed by atoms with Gasteiger partial charge in [0.2, 0.25) is 0 Å². The summed E-state index contributed by atoms with van der Waals surface area (Å²) in [4.78, 5) is 1.50. The van der Waals surface area contributed by atoms with Crippen LogP contribution in [-0.2, 0) is 6.42 Å². The van der Waals surface area contributed by atoms with E-state index in [9.17, 15) is 0 Å². The molecule has 0 amide bonds. The fourth-order valence-electron chi connectivity index (χ4n) is 1.14. The highest BCUT2D eigenvalue weighted by molar-refractivity contribution is 7.09. The largest absolute Gasteiger partial charge is 0.314 e. The van der Waals surface area contributed by atoms with Crippen molar-refractivity contribution in [3.63, 3.8) is 0 Å². The third-order valence-electron chi connectivity index (χ3n) is 1.96. The number of nitrogens with one attached hydrogen (secondary N) is 1. The van der Waals surface area contributed by atoms with E-state index in [1.807, 2.05) is 11.3 Å². The average Bonchev–Trinajstić information content (AvgIpc) is 2.66. The molecule has 0 unspecified atom stereocenters. The van der Waals surface area contributed by atoms with Crippen LogP contribution in [0.2, 0.25) is 0 Å². The van der Waals surface area contributed by atoms with Gasteiger partial charge in [-0.2, -0.15) is 0 Å². The molecule has 0 bridgehead atoms. The van der Waals surface area contributed by atoms with Crippen LogP contribution < -0.4 is 5.32 Å². The molecule has 1 aromatic heterocycles. The lowest BCUT2D eigenvalue weighted by molar-refractivity contribution is 0.685. The lowest BCUT2D eigenvalue weighted by atomic mass is 10.3. The Morgan fingerprint density at radius 1 is 1.55 bits per heavy atom. The third-order valence-corrected chi connectivity index (χ3v) is 2.90. The molecule has 1 saturated carbocycles. The van der Waals surface area contributed by atoms with Gasteiger partial charge in [-0.1, -0.05) is 6.07 Å². The summed E-state index contributed by atoms with van der Waals surface area (Å²) in [5.41, 5.74) is 0. The molecular formula is C9H13NS. The highest BCUT2D eigenvalue weighted by Crippen LogP contribution is 2.18. The summed E-state index contributed by atoms with van der Waals surface area (Å²) in [7, 11) is 0. The van der Waals surface area contributed by atoms with Gasteiger partial charge in [-0.25, -0.2) is 0 Å². The summed E-state index contributed by atoms with van der Waals surface area (Å²) in [5, 5.41) is 5.65. The van der Waals surface area contributed by atoms with E-state index in [0.717, 1.165) is 12.6 Å². The third kappa shape index (κ3) is 2.31. The fourth-order valence-corrected chi connectivity index (χ4v) is 1.85. The molecule has 11 heavy (non-hydrogen) atoms. The summed E-state index contributed by atoms with van der Waals surface area (Å²) in [6.07, 6.45) is 3.99. The van der Waals surface area contributed by atoms with Crippen LogP contribution in [0, 0.1) is 0 Å². The number of rotatable bonds is 4. The van der Waals surface area contributed by atoms with Crippen LogP contribution in [0.25, 0.3) is 0 Å². The normalized spacial score (nSPS) is 17.1. The molecule has 0 saturated heterocycles. The van der Waals surface area contributed by atoms with Crippen LogP contribution in [0.4, 0.5) is 0 Å². The van der Waals surface area contributed by atoms with E-state index in [1.54, 1.807) is 0 Å². The Bertz CT molecular complexity index is 201. The summed E-state index contributed by atoms with van der Waals surface area (Å²) >= 11 is 1.85. The van der Waals surface area contributed by atoms with Crippen LogP contribution in [0.3, 0.4) is 0 Å². The van der Waals surface area contributed by atoms with Gasteiger partial charge in [0.15, 0.2) is 0 Å². The first-order valence-electron chi connectivity index (χ1n) is 4.21. The van der Waals surface area contributed by atoms with Crippen LogP contribution >= 0.6 is 11.3 Å². The van der Waals surface area contributed by atoms with Gasteiger partial charge < -0.3 is 5.32 Å². The summed E-state index contributed by atoms with van der Waals surface area (Å²) in [6, 6.07) is 5.19. The molecule has 2 heteroatoms. The Hall–Kier alpha value is -0.340. The highest BCUT2D eigenvalue weighted by atomic mass is 32.1. The van der Waals surface area contributed by atoms with Crippen molar-refractivity contribution in [1.82, 2.24) is 5.32 Å². The van der Waals surface area contributed by atoms with Crippen LogP contribution in [-0.4, -0.2) is 12.6 Å². The predicted molar refractivity (Wildman–Crippen MR) is 49.0 cm³/mol. The van der Waals surface area contributed by atoms with E-state index >= 15 is 0 Å². The van der Waals surface area contributed by atoms with Gasteiger partial charge in [0.1, 0.15) is 0 Å². The van der Waals surface area contributed by atoms with Gasteiger partial charge >= 0.3 is 0 Å². The Kier molecular flexibility index (Phi) is 2.24. The summed E-state index contributed by atoms with van der Waals surface area (Å²) < 4.78 is 0. The average molecular weight is 167 g/mol. The second-order valence-corrected chi connectivity index (χ2v) is 4.09. The van der Waals surface area contributed by atoms with Gasteiger partial charge in [0, 0.05) is 17.5 Å². The van der Waals surface area contributed by atoms with Gasteiger partial charge in [-0.15, -0.1) is 11.3 Å². The lowest BCUT2D eigenvalue weighted by Crippen LogP contribution is -2.18. The van der Waals surface area contributed by atoms with E-state index in [-0.39, 0.29) is 0 Å². The van der Waals surface area contributed by atoms with Crippen molar-refractivity contribution in [2.24, 2.45) is 0 Å². The molecule has 0 atom stereocenters. The molecule has 60 valence electrons. The molecule has 1 fully saturated rings. The second-order valence-electron chi connectivity index (χ2n) is 3.06. The van der Waals surface area contributed by atoms with Crippen molar-refractivity contribution in [3.8, 4) is 0 Å². The molecule has 0 aromatic carbocycles. The molecule has 0 spiro atoms. The standard InChI is InChI=1S/C9H13NS/c1-2-9(11-7-1)5-6-10-8-3-4-8/h1-2,7-8,10H,3-6H2. The minimum atomic E-state index is 0.856. The number of thiophene rings is 1. The highest BCUT2D eigenvalue weighted by Gasteiger charge is 2.19. The van der Waals surface area contributed by atoms with Crippen molar-refractivity contribution in [3.05, 3.63) is 22.4 Å². The monoisotopic (exact) mass is 167 g/mol. The quantitative estimate of drug-likeness (QED) is 0.723. The molecule has 1 aromatic rings. The van der Waals surface area contributed by atoms with E-state index in [2.05, 4.69) is 22.8 Å². The minimum Gasteiger partial charge on any atom is -0.314 e. The molecule has 1 nitrogen and oxygen atoms in total. The Morgan fingerprint density at radius 3 is 3.09 bits per heavy atom. The predicted octanol–water partition coefficient (Wildman–Crippen LogP) is 2.04. The Morgan fingerprint density at radius 2 is 2.45 bits per heavy atom. The maximum absolute atomic E-state index is 3.50. The van der Waals surface area contributed by atoms with Crippen LogP contribution in [0.15, 0.2) is 17.5 Å². The SMILES string of the molecule is c1csc(CCNC2CC2)c1.